The Balaban J connectivity index is 2.31. The molecule has 0 saturated carbocycles. The first-order valence-electron chi connectivity index (χ1n) is 6.08. The molecule has 0 aliphatic rings. The first-order chi connectivity index (χ1) is 9.11. The molecule has 0 aliphatic heterocycles. The van der Waals surface area contributed by atoms with Gasteiger partial charge in [-0.25, -0.2) is 0 Å². The van der Waals surface area contributed by atoms with Gasteiger partial charge in [-0.15, -0.1) is 0 Å². The summed E-state index contributed by atoms with van der Waals surface area (Å²) in [6.45, 7) is 3.91. The molecule has 19 heavy (non-hydrogen) atoms. The first-order valence-corrected chi connectivity index (χ1v) is 6.88. The lowest BCUT2D eigenvalue weighted by molar-refractivity contribution is 0.111. The Bertz CT molecular complexity index is 579. The number of ether oxygens (including phenoxy) is 1. The smallest absolute Gasteiger partial charge is 0.153 e. The van der Waals surface area contributed by atoms with E-state index in [4.69, 9.17) is 4.74 Å². The second-order valence-corrected chi connectivity index (χ2v) is 5.35. The van der Waals surface area contributed by atoms with Crippen molar-refractivity contribution in [3.63, 3.8) is 0 Å². The third-order valence-electron chi connectivity index (χ3n) is 2.96. The minimum Gasteiger partial charge on any atom is -0.485 e. The molecule has 0 aliphatic carbocycles. The second kappa shape index (κ2) is 6.02. The minimum atomic E-state index is -0.0974. The number of benzene rings is 2. The lowest BCUT2D eigenvalue weighted by Gasteiger charge is -2.18. The van der Waals surface area contributed by atoms with Crippen molar-refractivity contribution in [2.75, 3.05) is 0 Å². The molecule has 2 rings (SSSR count). The summed E-state index contributed by atoms with van der Waals surface area (Å²) in [6, 6.07) is 13.7. The summed E-state index contributed by atoms with van der Waals surface area (Å²) in [7, 11) is 0. The van der Waals surface area contributed by atoms with Gasteiger partial charge in [-0.1, -0.05) is 46.3 Å². The zero-order valence-electron chi connectivity index (χ0n) is 10.9. The molecule has 0 saturated heterocycles. The van der Waals surface area contributed by atoms with E-state index in [0.717, 1.165) is 21.9 Å². The number of halogens is 1. The van der Waals surface area contributed by atoms with Gasteiger partial charge in [0.25, 0.3) is 0 Å². The fourth-order valence-electron chi connectivity index (χ4n) is 1.97. The lowest BCUT2D eigenvalue weighted by Crippen LogP contribution is -2.06. The van der Waals surface area contributed by atoms with E-state index >= 15 is 0 Å². The highest BCUT2D eigenvalue weighted by atomic mass is 79.9. The fourth-order valence-corrected chi connectivity index (χ4v) is 2.56. The van der Waals surface area contributed by atoms with Crippen LogP contribution in [0.2, 0.25) is 0 Å². The topological polar surface area (TPSA) is 26.3 Å². The standard InChI is InChI=1S/C16H15BrO2/c1-11-8-15(17)9-14(10-18)16(11)19-12(2)13-6-4-3-5-7-13/h3-10,12H,1-2H3. The largest absolute Gasteiger partial charge is 0.485 e. The van der Waals surface area contributed by atoms with Crippen LogP contribution in [0.3, 0.4) is 0 Å². The summed E-state index contributed by atoms with van der Waals surface area (Å²) in [5.74, 6) is 0.648. The van der Waals surface area contributed by atoms with E-state index in [1.165, 1.54) is 0 Å². The van der Waals surface area contributed by atoms with Gasteiger partial charge in [0.05, 0.1) is 5.56 Å². The van der Waals surface area contributed by atoms with Gasteiger partial charge >= 0.3 is 0 Å². The fraction of sp³-hybridized carbons (Fsp3) is 0.188. The summed E-state index contributed by atoms with van der Waals surface area (Å²) >= 11 is 3.38. The van der Waals surface area contributed by atoms with E-state index in [1.54, 1.807) is 6.07 Å². The van der Waals surface area contributed by atoms with E-state index < -0.39 is 0 Å². The number of hydrogen-bond donors (Lipinski definition) is 0. The van der Waals surface area contributed by atoms with E-state index in [2.05, 4.69) is 15.9 Å². The Morgan fingerprint density at radius 3 is 2.53 bits per heavy atom. The highest BCUT2D eigenvalue weighted by Crippen LogP contribution is 2.30. The summed E-state index contributed by atoms with van der Waals surface area (Å²) in [5, 5.41) is 0. The molecule has 0 N–H and O–H groups in total. The number of hydrogen-bond acceptors (Lipinski definition) is 2. The molecule has 0 fully saturated rings. The van der Waals surface area contributed by atoms with Crippen LogP contribution >= 0.6 is 15.9 Å². The van der Waals surface area contributed by atoms with Crippen LogP contribution < -0.4 is 4.74 Å². The third-order valence-corrected chi connectivity index (χ3v) is 3.42. The van der Waals surface area contributed by atoms with Crippen LogP contribution in [0.15, 0.2) is 46.9 Å². The van der Waals surface area contributed by atoms with Crippen molar-refractivity contribution in [1.82, 2.24) is 0 Å². The summed E-state index contributed by atoms with van der Waals surface area (Å²) < 4.78 is 6.84. The van der Waals surface area contributed by atoms with Crippen LogP contribution in [0.1, 0.15) is 34.5 Å². The predicted octanol–water partition coefficient (Wildman–Crippen LogP) is 4.71. The van der Waals surface area contributed by atoms with Gasteiger partial charge in [-0.2, -0.15) is 0 Å². The van der Waals surface area contributed by atoms with E-state index in [1.807, 2.05) is 50.2 Å². The molecule has 3 heteroatoms. The maximum Gasteiger partial charge on any atom is 0.153 e. The van der Waals surface area contributed by atoms with Gasteiger partial charge in [-0.05, 0) is 37.1 Å². The molecule has 0 heterocycles. The Labute approximate surface area is 121 Å². The Kier molecular flexibility index (Phi) is 4.38. The molecular formula is C16H15BrO2. The van der Waals surface area contributed by atoms with Gasteiger partial charge in [0.1, 0.15) is 11.9 Å². The van der Waals surface area contributed by atoms with Crippen LogP contribution in [0.25, 0.3) is 0 Å². The molecule has 1 unspecified atom stereocenters. The van der Waals surface area contributed by atoms with Crippen molar-refractivity contribution < 1.29 is 9.53 Å². The van der Waals surface area contributed by atoms with Gasteiger partial charge in [0.2, 0.25) is 0 Å². The molecule has 2 nitrogen and oxygen atoms in total. The second-order valence-electron chi connectivity index (χ2n) is 4.43. The number of aryl methyl sites for hydroxylation is 1. The zero-order valence-corrected chi connectivity index (χ0v) is 12.5. The molecule has 0 radical (unpaired) electrons. The number of carbonyl (C=O) groups is 1. The van der Waals surface area contributed by atoms with Crippen molar-refractivity contribution in [3.8, 4) is 5.75 Å². The molecule has 2 aromatic rings. The molecular weight excluding hydrogens is 304 g/mol. The number of rotatable bonds is 4. The van der Waals surface area contributed by atoms with Crippen molar-refractivity contribution in [3.05, 3.63) is 63.6 Å². The average molecular weight is 319 g/mol. The van der Waals surface area contributed by atoms with Crippen LogP contribution in [0.5, 0.6) is 5.75 Å². The molecule has 98 valence electrons. The summed E-state index contributed by atoms with van der Waals surface area (Å²) in [4.78, 5) is 11.1. The highest BCUT2D eigenvalue weighted by Gasteiger charge is 2.13. The molecule has 1 atom stereocenters. The van der Waals surface area contributed by atoms with Crippen LogP contribution in [-0.4, -0.2) is 6.29 Å². The molecule has 0 spiro atoms. The molecule has 0 bridgehead atoms. The van der Waals surface area contributed by atoms with Crippen molar-refractivity contribution in [2.45, 2.75) is 20.0 Å². The molecule has 2 aromatic carbocycles. The highest BCUT2D eigenvalue weighted by molar-refractivity contribution is 9.10. The van der Waals surface area contributed by atoms with Crippen molar-refractivity contribution >= 4 is 22.2 Å². The minimum absolute atomic E-state index is 0.0974. The Morgan fingerprint density at radius 2 is 1.89 bits per heavy atom. The van der Waals surface area contributed by atoms with E-state index in [0.29, 0.717) is 11.3 Å². The van der Waals surface area contributed by atoms with E-state index in [9.17, 15) is 4.79 Å². The van der Waals surface area contributed by atoms with E-state index in [-0.39, 0.29) is 6.10 Å². The van der Waals surface area contributed by atoms with Crippen LogP contribution in [0.4, 0.5) is 0 Å². The van der Waals surface area contributed by atoms with Crippen molar-refractivity contribution in [2.24, 2.45) is 0 Å². The monoisotopic (exact) mass is 318 g/mol. The Morgan fingerprint density at radius 1 is 1.21 bits per heavy atom. The van der Waals surface area contributed by atoms with Gasteiger partial charge < -0.3 is 4.74 Å². The molecule has 0 amide bonds. The normalized spacial score (nSPS) is 11.9. The lowest BCUT2D eigenvalue weighted by atomic mass is 10.1. The summed E-state index contributed by atoms with van der Waals surface area (Å²) in [6.07, 6.45) is 0.727. The first kappa shape index (κ1) is 13.8. The summed E-state index contributed by atoms with van der Waals surface area (Å²) in [5.41, 5.74) is 2.59. The SMILES string of the molecule is Cc1cc(Br)cc(C=O)c1OC(C)c1ccccc1. The van der Waals surface area contributed by atoms with Crippen LogP contribution in [-0.2, 0) is 0 Å². The molecule has 0 aromatic heterocycles. The number of aldehydes is 1. The van der Waals surface area contributed by atoms with Gasteiger partial charge in [0, 0.05) is 4.47 Å². The van der Waals surface area contributed by atoms with Crippen molar-refractivity contribution in [1.29, 1.82) is 0 Å². The average Bonchev–Trinajstić information content (AvgIpc) is 2.42. The predicted molar refractivity (Wildman–Crippen MR) is 79.8 cm³/mol. The zero-order chi connectivity index (χ0) is 13.8. The number of carbonyl (C=O) groups excluding carboxylic acids is 1. The third kappa shape index (κ3) is 3.24. The maximum atomic E-state index is 11.1. The quantitative estimate of drug-likeness (QED) is 0.763. The van der Waals surface area contributed by atoms with Gasteiger partial charge in [0.15, 0.2) is 6.29 Å². The van der Waals surface area contributed by atoms with Crippen LogP contribution in [0, 0.1) is 6.92 Å². The van der Waals surface area contributed by atoms with Gasteiger partial charge in [-0.3, -0.25) is 4.79 Å². The maximum absolute atomic E-state index is 11.1. The Hall–Kier alpha value is -1.61.